The number of fused-ring (bicyclic) bond motifs is 2. The van der Waals surface area contributed by atoms with Gasteiger partial charge in [0.05, 0.1) is 28.0 Å². The van der Waals surface area contributed by atoms with Gasteiger partial charge in [-0.3, -0.25) is 9.69 Å². The molecule has 3 aromatic heterocycles. The number of furan rings is 1. The summed E-state index contributed by atoms with van der Waals surface area (Å²) in [6.07, 6.45) is 1.60. The fraction of sp³-hybridized carbons (Fsp3) is 0.0909. The Labute approximate surface area is 180 Å². The number of thiazole rings is 1. The van der Waals surface area contributed by atoms with Gasteiger partial charge in [-0.15, -0.1) is 11.3 Å². The number of carbonyl (C=O) groups excluding carboxylic acids is 1. The molecule has 0 aliphatic rings. The van der Waals surface area contributed by atoms with Crippen molar-refractivity contribution in [2.75, 3.05) is 4.90 Å². The van der Waals surface area contributed by atoms with Gasteiger partial charge < -0.3 is 4.42 Å². The average Bonchev–Trinajstić information content (AvgIpc) is 3.45. The molecule has 0 unspecified atom stereocenters. The topological polar surface area (TPSA) is 46.3 Å². The summed E-state index contributed by atoms with van der Waals surface area (Å²) in [7, 11) is 0. The summed E-state index contributed by atoms with van der Waals surface area (Å²) < 4.78 is 7.54. The highest BCUT2D eigenvalue weighted by molar-refractivity contribution is 7.23. The molecule has 5 aromatic rings. The molecule has 0 N–H and O–H groups in total. The first-order chi connectivity index (χ1) is 14.1. The largest absolute Gasteiger partial charge is 0.467 e. The zero-order valence-electron chi connectivity index (χ0n) is 15.4. The van der Waals surface area contributed by atoms with Crippen molar-refractivity contribution in [3.63, 3.8) is 0 Å². The maximum absolute atomic E-state index is 13.6. The van der Waals surface area contributed by atoms with Crippen molar-refractivity contribution in [2.24, 2.45) is 0 Å². The maximum Gasteiger partial charge on any atom is 0.272 e. The summed E-state index contributed by atoms with van der Waals surface area (Å²) in [4.78, 5) is 20.5. The van der Waals surface area contributed by atoms with Gasteiger partial charge in [-0.1, -0.05) is 53.3 Å². The minimum absolute atomic E-state index is 0.177. The number of para-hydroxylation sites is 1. The van der Waals surface area contributed by atoms with Crippen LogP contribution >= 0.6 is 34.3 Å². The average molecular weight is 439 g/mol. The first-order valence-electron chi connectivity index (χ1n) is 8.99. The summed E-state index contributed by atoms with van der Waals surface area (Å²) in [5.74, 6) is 0.510. The van der Waals surface area contributed by atoms with Gasteiger partial charge >= 0.3 is 0 Å². The van der Waals surface area contributed by atoms with Crippen molar-refractivity contribution in [1.82, 2.24) is 4.98 Å². The molecule has 1 amide bonds. The molecule has 0 bridgehead atoms. The van der Waals surface area contributed by atoms with Crippen molar-refractivity contribution in [2.45, 2.75) is 13.5 Å². The van der Waals surface area contributed by atoms with Crippen LogP contribution in [0.1, 0.15) is 21.0 Å². The Bertz CT molecular complexity index is 1340. The molecule has 2 aromatic carbocycles. The lowest BCUT2D eigenvalue weighted by atomic mass is 10.2. The number of halogens is 1. The molecule has 4 nitrogen and oxygen atoms in total. The third-order valence-electron chi connectivity index (χ3n) is 4.71. The molecule has 144 valence electrons. The van der Waals surface area contributed by atoms with E-state index in [1.165, 1.54) is 22.7 Å². The molecule has 0 saturated heterocycles. The summed E-state index contributed by atoms with van der Waals surface area (Å²) in [6, 6.07) is 17.5. The van der Waals surface area contributed by atoms with Crippen LogP contribution in [0.15, 0.2) is 65.3 Å². The van der Waals surface area contributed by atoms with Crippen LogP contribution in [0.2, 0.25) is 5.02 Å². The molecule has 0 fully saturated rings. The van der Waals surface area contributed by atoms with Gasteiger partial charge in [-0.2, -0.15) is 0 Å². The van der Waals surface area contributed by atoms with E-state index in [0.717, 1.165) is 25.9 Å². The lowest BCUT2D eigenvalue weighted by Gasteiger charge is -2.18. The number of carbonyl (C=O) groups is 1. The second-order valence-electron chi connectivity index (χ2n) is 6.63. The van der Waals surface area contributed by atoms with Crippen LogP contribution in [-0.4, -0.2) is 10.9 Å². The number of aromatic nitrogens is 1. The van der Waals surface area contributed by atoms with Crippen LogP contribution in [0.5, 0.6) is 0 Å². The fourth-order valence-corrected chi connectivity index (χ4v) is 5.75. The normalized spacial score (nSPS) is 11.4. The molecule has 0 radical (unpaired) electrons. The van der Waals surface area contributed by atoms with E-state index in [-0.39, 0.29) is 12.5 Å². The summed E-state index contributed by atoms with van der Waals surface area (Å²) in [5.41, 5.74) is 1.99. The van der Waals surface area contributed by atoms with Crippen molar-refractivity contribution in [3.8, 4) is 0 Å². The van der Waals surface area contributed by atoms with Gasteiger partial charge in [0.2, 0.25) is 0 Å². The minimum atomic E-state index is -0.177. The number of anilines is 1. The molecule has 7 heteroatoms. The minimum Gasteiger partial charge on any atom is -0.467 e. The van der Waals surface area contributed by atoms with Crippen LogP contribution in [-0.2, 0) is 6.54 Å². The Morgan fingerprint density at radius 1 is 1.07 bits per heavy atom. The second kappa shape index (κ2) is 7.30. The standard InChI is InChI=1S/C22H15ClN2O2S2/c1-13-6-4-10-17-19(13)24-22(29-17)25(12-14-7-5-11-27-14)21(26)20-18(23)15-8-2-3-9-16(15)28-20/h2-11H,12H2,1H3. The van der Waals surface area contributed by atoms with Crippen molar-refractivity contribution < 1.29 is 9.21 Å². The third kappa shape index (κ3) is 3.23. The zero-order chi connectivity index (χ0) is 20.0. The predicted octanol–water partition coefficient (Wildman–Crippen LogP) is 6.91. The van der Waals surface area contributed by atoms with E-state index >= 15 is 0 Å². The van der Waals surface area contributed by atoms with Gasteiger partial charge in [0, 0.05) is 10.1 Å². The van der Waals surface area contributed by atoms with Gasteiger partial charge in [0.1, 0.15) is 10.6 Å². The molecular weight excluding hydrogens is 424 g/mol. The molecule has 3 heterocycles. The Morgan fingerprint density at radius 2 is 1.90 bits per heavy atom. The molecule has 29 heavy (non-hydrogen) atoms. The van der Waals surface area contributed by atoms with Crippen LogP contribution < -0.4 is 4.90 Å². The Hall–Kier alpha value is -2.67. The smallest absolute Gasteiger partial charge is 0.272 e. The third-order valence-corrected chi connectivity index (χ3v) is 7.42. The van der Waals surface area contributed by atoms with Crippen molar-refractivity contribution in [1.29, 1.82) is 0 Å². The van der Waals surface area contributed by atoms with Gasteiger partial charge in [-0.25, -0.2) is 4.98 Å². The molecule has 0 aliphatic heterocycles. The number of thiophene rings is 1. The molecule has 0 atom stereocenters. The number of nitrogens with zero attached hydrogens (tertiary/aromatic N) is 2. The summed E-state index contributed by atoms with van der Waals surface area (Å²) in [5, 5.41) is 2.00. The summed E-state index contributed by atoms with van der Waals surface area (Å²) in [6.45, 7) is 2.31. The van der Waals surface area contributed by atoms with E-state index in [2.05, 4.69) is 0 Å². The molecule has 5 rings (SSSR count). The van der Waals surface area contributed by atoms with E-state index in [9.17, 15) is 4.79 Å². The van der Waals surface area contributed by atoms with E-state index in [1.807, 2.05) is 61.5 Å². The molecule has 0 aliphatic carbocycles. The van der Waals surface area contributed by atoms with Gasteiger partial charge in [0.15, 0.2) is 5.13 Å². The zero-order valence-corrected chi connectivity index (χ0v) is 17.8. The van der Waals surface area contributed by atoms with Crippen LogP contribution in [0.4, 0.5) is 5.13 Å². The van der Waals surface area contributed by atoms with E-state index < -0.39 is 0 Å². The lowest BCUT2D eigenvalue weighted by Crippen LogP contribution is -2.29. The summed E-state index contributed by atoms with van der Waals surface area (Å²) >= 11 is 9.48. The molecular formula is C22H15ClN2O2S2. The van der Waals surface area contributed by atoms with Crippen LogP contribution in [0.3, 0.4) is 0 Å². The molecule has 0 saturated carbocycles. The quantitative estimate of drug-likeness (QED) is 0.306. The highest BCUT2D eigenvalue weighted by atomic mass is 35.5. The monoisotopic (exact) mass is 438 g/mol. The van der Waals surface area contributed by atoms with Crippen LogP contribution in [0, 0.1) is 6.92 Å². The first kappa shape index (κ1) is 18.4. The van der Waals surface area contributed by atoms with Gasteiger partial charge in [-0.05, 0) is 36.8 Å². The Balaban J connectivity index is 1.63. The number of benzene rings is 2. The number of amides is 1. The highest BCUT2D eigenvalue weighted by Gasteiger charge is 2.27. The fourth-order valence-electron chi connectivity index (χ4n) is 3.25. The SMILES string of the molecule is Cc1cccc2sc(N(Cc3ccco3)C(=O)c3sc4ccccc4c3Cl)nc12. The molecule has 0 spiro atoms. The van der Waals surface area contributed by atoms with Gasteiger partial charge in [0.25, 0.3) is 5.91 Å². The lowest BCUT2D eigenvalue weighted by molar-refractivity contribution is 0.0987. The number of hydrogen-bond acceptors (Lipinski definition) is 5. The van der Waals surface area contributed by atoms with Crippen LogP contribution in [0.25, 0.3) is 20.3 Å². The van der Waals surface area contributed by atoms with Crippen molar-refractivity contribution in [3.05, 3.63) is 82.1 Å². The number of rotatable bonds is 4. The van der Waals surface area contributed by atoms with E-state index in [1.54, 1.807) is 11.2 Å². The Morgan fingerprint density at radius 3 is 2.66 bits per heavy atom. The first-order valence-corrected chi connectivity index (χ1v) is 11.0. The Kier molecular flexibility index (Phi) is 4.62. The van der Waals surface area contributed by atoms with E-state index in [0.29, 0.717) is 20.8 Å². The maximum atomic E-state index is 13.6. The van der Waals surface area contributed by atoms with Crippen molar-refractivity contribution >= 4 is 65.6 Å². The number of aryl methyl sites for hydroxylation is 1. The second-order valence-corrected chi connectivity index (χ2v) is 9.07. The predicted molar refractivity (Wildman–Crippen MR) is 120 cm³/mol. The number of hydrogen-bond donors (Lipinski definition) is 0. The van der Waals surface area contributed by atoms with E-state index in [4.69, 9.17) is 21.0 Å². The highest BCUT2D eigenvalue weighted by Crippen LogP contribution is 2.38.